The van der Waals surface area contributed by atoms with Crippen molar-refractivity contribution in [1.29, 1.82) is 0 Å². The summed E-state index contributed by atoms with van der Waals surface area (Å²) in [4.78, 5) is 36.8. The number of aliphatic hydroxyl groups is 1. The Bertz CT molecular complexity index is 423. The van der Waals surface area contributed by atoms with Crippen molar-refractivity contribution in [2.45, 2.75) is 31.9 Å². The van der Waals surface area contributed by atoms with Gasteiger partial charge in [-0.05, 0) is 13.3 Å². The van der Waals surface area contributed by atoms with Gasteiger partial charge in [-0.15, -0.1) is 0 Å². The molecule has 3 amide bonds. The van der Waals surface area contributed by atoms with Gasteiger partial charge in [-0.3, -0.25) is 14.4 Å². The number of carbonyl (C=O) groups is 3. The predicted molar refractivity (Wildman–Crippen MR) is 65.9 cm³/mol. The van der Waals surface area contributed by atoms with Gasteiger partial charge in [0.1, 0.15) is 6.04 Å². The minimum Gasteiger partial charge on any atom is -0.391 e. The summed E-state index contributed by atoms with van der Waals surface area (Å²) in [5, 5.41) is 14.8. The molecule has 106 valence electrons. The van der Waals surface area contributed by atoms with Crippen LogP contribution in [0.15, 0.2) is 0 Å². The van der Waals surface area contributed by atoms with Gasteiger partial charge in [0.15, 0.2) is 0 Å². The Balaban J connectivity index is 2.11. The number of hydrogen-bond donors (Lipinski definition) is 3. The molecule has 1 unspecified atom stereocenters. The van der Waals surface area contributed by atoms with E-state index in [0.717, 1.165) is 0 Å². The lowest BCUT2D eigenvalue weighted by molar-refractivity contribution is -0.176. The minimum absolute atomic E-state index is 0.132. The van der Waals surface area contributed by atoms with E-state index in [1.807, 2.05) is 0 Å². The normalized spacial score (nSPS) is 29.5. The highest BCUT2D eigenvalue weighted by molar-refractivity contribution is 5.98. The number of β-lactam (4-membered cyclic amide) rings is 1. The largest absolute Gasteiger partial charge is 0.391 e. The van der Waals surface area contributed by atoms with Crippen LogP contribution in [-0.2, 0) is 14.4 Å². The van der Waals surface area contributed by atoms with Gasteiger partial charge < -0.3 is 20.6 Å². The minimum atomic E-state index is -0.946. The smallest absolute Gasteiger partial charge is 0.245 e. The van der Waals surface area contributed by atoms with Crippen LogP contribution in [0.2, 0.25) is 0 Å². The van der Waals surface area contributed by atoms with Crippen LogP contribution in [-0.4, -0.2) is 60.0 Å². The van der Waals surface area contributed by atoms with Crippen molar-refractivity contribution in [3.63, 3.8) is 0 Å². The molecule has 3 atom stereocenters. The van der Waals surface area contributed by atoms with Crippen molar-refractivity contribution in [2.75, 3.05) is 20.1 Å². The molecule has 19 heavy (non-hydrogen) atoms. The number of hydrogen-bond acceptors (Lipinski definition) is 4. The summed E-state index contributed by atoms with van der Waals surface area (Å²) in [6.07, 6.45) is -0.185. The molecule has 3 N–H and O–H groups in total. The van der Waals surface area contributed by atoms with E-state index >= 15 is 0 Å². The van der Waals surface area contributed by atoms with Gasteiger partial charge in [-0.1, -0.05) is 0 Å². The highest BCUT2D eigenvalue weighted by Gasteiger charge is 2.57. The molecule has 7 heteroatoms. The lowest BCUT2D eigenvalue weighted by Crippen LogP contribution is -2.71. The third kappa shape index (κ3) is 2.18. The van der Waals surface area contributed by atoms with E-state index < -0.39 is 23.5 Å². The van der Waals surface area contributed by atoms with E-state index in [1.54, 1.807) is 0 Å². The fourth-order valence-electron chi connectivity index (χ4n) is 2.89. The highest BCUT2D eigenvalue weighted by Crippen LogP contribution is 2.41. The molecule has 2 fully saturated rings. The molecule has 0 radical (unpaired) electrons. The van der Waals surface area contributed by atoms with E-state index in [9.17, 15) is 19.5 Å². The summed E-state index contributed by atoms with van der Waals surface area (Å²) in [6.45, 7) is 2.31. The van der Waals surface area contributed by atoms with Crippen LogP contribution in [0.4, 0.5) is 0 Å². The van der Waals surface area contributed by atoms with E-state index in [0.29, 0.717) is 19.5 Å². The molecule has 2 saturated heterocycles. The zero-order valence-corrected chi connectivity index (χ0v) is 11.1. The maximum atomic E-state index is 12.3. The number of nitrogens with one attached hydrogen (secondary N) is 2. The summed E-state index contributed by atoms with van der Waals surface area (Å²) in [5.41, 5.74) is -0.663. The molecule has 0 aromatic heterocycles. The SMILES string of the molecule is CNC(=O)[C@@H]([C@@H](C)O)N1CC2(CCNC(=O)C2)C1=O. The quantitative estimate of drug-likeness (QED) is 0.528. The number of amides is 3. The number of carbonyl (C=O) groups excluding carboxylic acids is 3. The van der Waals surface area contributed by atoms with E-state index in [2.05, 4.69) is 10.6 Å². The van der Waals surface area contributed by atoms with Gasteiger partial charge in [-0.25, -0.2) is 0 Å². The Morgan fingerprint density at radius 3 is 2.68 bits per heavy atom. The van der Waals surface area contributed by atoms with Crippen LogP contribution < -0.4 is 10.6 Å². The van der Waals surface area contributed by atoms with Crippen molar-refractivity contribution in [2.24, 2.45) is 5.41 Å². The average molecular weight is 269 g/mol. The first kappa shape index (κ1) is 13.8. The van der Waals surface area contributed by atoms with Gasteiger partial charge in [0, 0.05) is 26.6 Å². The Morgan fingerprint density at radius 1 is 1.53 bits per heavy atom. The second kappa shape index (κ2) is 4.80. The van der Waals surface area contributed by atoms with Crippen molar-refractivity contribution in [1.82, 2.24) is 15.5 Å². The molecule has 2 heterocycles. The zero-order chi connectivity index (χ0) is 14.2. The topological polar surface area (TPSA) is 98.7 Å². The van der Waals surface area contributed by atoms with Crippen LogP contribution in [0, 0.1) is 5.41 Å². The second-order valence-corrected chi connectivity index (χ2v) is 5.29. The van der Waals surface area contributed by atoms with Crippen molar-refractivity contribution in [3.05, 3.63) is 0 Å². The summed E-state index contributed by atoms with van der Waals surface area (Å²) in [5.74, 6) is -0.733. The summed E-state index contributed by atoms with van der Waals surface area (Å²) >= 11 is 0. The Labute approximate surface area is 111 Å². The van der Waals surface area contributed by atoms with Crippen molar-refractivity contribution in [3.8, 4) is 0 Å². The van der Waals surface area contributed by atoms with Crippen molar-refractivity contribution >= 4 is 17.7 Å². The molecule has 2 aliphatic rings. The molecule has 1 spiro atoms. The van der Waals surface area contributed by atoms with Gasteiger partial charge in [-0.2, -0.15) is 0 Å². The second-order valence-electron chi connectivity index (χ2n) is 5.29. The Hall–Kier alpha value is -1.63. The zero-order valence-electron chi connectivity index (χ0n) is 11.1. The molecule has 0 aromatic rings. The summed E-state index contributed by atoms with van der Waals surface area (Å²) < 4.78 is 0. The third-order valence-corrected chi connectivity index (χ3v) is 3.92. The van der Waals surface area contributed by atoms with Crippen LogP contribution in [0.5, 0.6) is 0 Å². The lowest BCUT2D eigenvalue weighted by Gasteiger charge is -2.53. The van der Waals surface area contributed by atoms with Gasteiger partial charge in [0.2, 0.25) is 17.7 Å². The number of likely N-dealkylation sites (tertiary alicyclic amines) is 1. The average Bonchev–Trinajstić information content (AvgIpc) is 2.37. The molecule has 2 rings (SSSR count). The maximum Gasteiger partial charge on any atom is 0.245 e. The summed E-state index contributed by atoms with van der Waals surface area (Å²) in [6, 6.07) is -0.881. The lowest BCUT2D eigenvalue weighted by atomic mass is 9.70. The third-order valence-electron chi connectivity index (χ3n) is 3.92. The van der Waals surface area contributed by atoms with E-state index in [1.165, 1.54) is 18.9 Å². The molecule has 0 aromatic carbocycles. The fourth-order valence-corrected chi connectivity index (χ4v) is 2.89. The molecule has 0 saturated carbocycles. The Morgan fingerprint density at radius 2 is 2.21 bits per heavy atom. The molecular formula is C12H19N3O4. The number of rotatable bonds is 3. The van der Waals surface area contributed by atoms with Gasteiger partial charge in [0.25, 0.3) is 0 Å². The van der Waals surface area contributed by atoms with Gasteiger partial charge >= 0.3 is 0 Å². The fraction of sp³-hybridized carbons (Fsp3) is 0.750. The first-order valence-electron chi connectivity index (χ1n) is 6.39. The highest BCUT2D eigenvalue weighted by atomic mass is 16.3. The number of likely N-dealkylation sites (N-methyl/N-ethyl adjacent to an activating group) is 1. The maximum absolute atomic E-state index is 12.3. The molecular weight excluding hydrogens is 250 g/mol. The monoisotopic (exact) mass is 269 g/mol. The van der Waals surface area contributed by atoms with Gasteiger partial charge in [0.05, 0.1) is 11.5 Å². The molecule has 2 aliphatic heterocycles. The van der Waals surface area contributed by atoms with Crippen LogP contribution in [0.25, 0.3) is 0 Å². The standard InChI is InChI=1S/C12H19N3O4/c1-7(16)9(10(18)13-2)15-6-12(11(15)19)3-4-14-8(17)5-12/h7,9,16H,3-6H2,1-2H3,(H,13,18)(H,14,17)/t7-,9-,12?/m1/s1. The number of aliphatic hydroxyl groups excluding tert-OH is 1. The Kier molecular flexibility index (Phi) is 3.49. The van der Waals surface area contributed by atoms with Crippen LogP contribution >= 0.6 is 0 Å². The predicted octanol–water partition coefficient (Wildman–Crippen LogP) is -1.78. The number of piperidine rings is 1. The van der Waals surface area contributed by atoms with Crippen molar-refractivity contribution < 1.29 is 19.5 Å². The first-order chi connectivity index (χ1) is 8.91. The van der Waals surface area contributed by atoms with E-state index in [-0.39, 0.29) is 18.2 Å². The molecule has 0 bridgehead atoms. The molecule has 0 aliphatic carbocycles. The van der Waals surface area contributed by atoms with Crippen LogP contribution in [0.3, 0.4) is 0 Å². The first-order valence-corrected chi connectivity index (χ1v) is 6.39. The summed E-state index contributed by atoms with van der Waals surface area (Å²) in [7, 11) is 1.46. The van der Waals surface area contributed by atoms with Crippen LogP contribution in [0.1, 0.15) is 19.8 Å². The molecule has 7 nitrogen and oxygen atoms in total. The van der Waals surface area contributed by atoms with E-state index in [4.69, 9.17) is 0 Å². The number of nitrogens with zero attached hydrogens (tertiary/aromatic N) is 1.